The highest BCUT2D eigenvalue weighted by molar-refractivity contribution is 5.32. The molecule has 3 rings (SSSR count). The Hall–Kier alpha value is -1.75. The molecule has 1 aliphatic carbocycles. The molecule has 0 unspecified atom stereocenters. The lowest BCUT2D eigenvalue weighted by Gasteiger charge is -2.38. The van der Waals surface area contributed by atoms with Gasteiger partial charge in [-0.25, -0.2) is 0 Å². The van der Waals surface area contributed by atoms with E-state index in [9.17, 15) is 0 Å². The molecule has 5 nitrogen and oxygen atoms in total. The molecule has 1 fully saturated rings. The van der Waals surface area contributed by atoms with Crippen molar-refractivity contribution in [3.05, 3.63) is 36.2 Å². The van der Waals surface area contributed by atoms with Crippen LogP contribution in [0.2, 0.25) is 0 Å². The highest BCUT2D eigenvalue weighted by Crippen LogP contribution is 2.38. The van der Waals surface area contributed by atoms with Crippen LogP contribution in [0.3, 0.4) is 0 Å². The van der Waals surface area contributed by atoms with E-state index < -0.39 is 0 Å². The molecule has 0 saturated heterocycles. The van der Waals surface area contributed by atoms with Gasteiger partial charge < -0.3 is 5.32 Å². The number of nitrogens with one attached hydrogen (secondary N) is 1. The van der Waals surface area contributed by atoms with E-state index in [1.54, 1.807) is 0 Å². The lowest BCUT2D eigenvalue weighted by molar-refractivity contribution is 0.185. The molecule has 0 radical (unpaired) electrons. The maximum absolute atomic E-state index is 4.37. The van der Waals surface area contributed by atoms with E-state index in [0.29, 0.717) is 0 Å². The van der Waals surface area contributed by atoms with E-state index in [1.807, 2.05) is 35.0 Å². The van der Waals surface area contributed by atoms with Gasteiger partial charge in [-0.2, -0.15) is 4.68 Å². The minimum atomic E-state index is -0.0966. The van der Waals surface area contributed by atoms with Crippen LogP contribution in [0.1, 0.15) is 45.4 Å². The second-order valence-electron chi connectivity index (χ2n) is 6.04. The summed E-state index contributed by atoms with van der Waals surface area (Å²) in [6.45, 7) is 5.41. The number of benzene rings is 1. The largest absolute Gasteiger partial charge is 0.305 e. The van der Waals surface area contributed by atoms with Crippen molar-refractivity contribution in [1.29, 1.82) is 0 Å². The first-order valence-corrected chi connectivity index (χ1v) is 7.84. The zero-order valence-electron chi connectivity index (χ0n) is 12.8. The molecular formula is C16H23N5. The molecule has 0 amide bonds. The topological polar surface area (TPSA) is 55.6 Å². The second-order valence-corrected chi connectivity index (χ2v) is 6.04. The molecule has 1 heterocycles. The van der Waals surface area contributed by atoms with Crippen molar-refractivity contribution in [3.63, 3.8) is 0 Å². The summed E-state index contributed by atoms with van der Waals surface area (Å²) in [4.78, 5) is 0. The van der Waals surface area contributed by atoms with Gasteiger partial charge in [-0.05, 0) is 60.7 Å². The molecule has 1 aromatic heterocycles. The Balaban J connectivity index is 2.00. The van der Waals surface area contributed by atoms with Crippen LogP contribution in [0.25, 0.3) is 5.69 Å². The predicted octanol–water partition coefficient (Wildman–Crippen LogP) is 2.68. The van der Waals surface area contributed by atoms with E-state index in [2.05, 4.69) is 34.7 Å². The summed E-state index contributed by atoms with van der Waals surface area (Å²) >= 11 is 0. The summed E-state index contributed by atoms with van der Waals surface area (Å²) in [6.07, 6.45) is 4.62. The number of rotatable bonds is 4. The van der Waals surface area contributed by atoms with Crippen molar-refractivity contribution in [2.75, 3.05) is 6.54 Å². The van der Waals surface area contributed by atoms with Gasteiger partial charge >= 0.3 is 0 Å². The molecule has 0 spiro atoms. The maximum Gasteiger partial charge on any atom is 0.176 e. The molecule has 1 aromatic carbocycles. The van der Waals surface area contributed by atoms with Crippen LogP contribution in [-0.2, 0) is 5.54 Å². The van der Waals surface area contributed by atoms with Gasteiger partial charge in [0, 0.05) is 0 Å². The van der Waals surface area contributed by atoms with Crippen LogP contribution in [0.15, 0.2) is 30.3 Å². The molecule has 112 valence electrons. The highest BCUT2D eigenvalue weighted by atomic mass is 15.6. The molecule has 21 heavy (non-hydrogen) atoms. The zero-order valence-corrected chi connectivity index (χ0v) is 12.8. The lowest BCUT2D eigenvalue weighted by Crippen LogP contribution is -2.47. The van der Waals surface area contributed by atoms with Crippen molar-refractivity contribution >= 4 is 0 Å². The first-order chi connectivity index (χ1) is 10.2. The van der Waals surface area contributed by atoms with Crippen LogP contribution in [0, 0.1) is 5.92 Å². The van der Waals surface area contributed by atoms with Gasteiger partial charge in [0.05, 0.1) is 11.2 Å². The minimum Gasteiger partial charge on any atom is -0.305 e. The highest BCUT2D eigenvalue weighted by Gasteiger charge is 2.39. The SMILES string of the molecule is CCNC1(c2nnnn2-c2ccccc2)CCC(C)CC1. The van der Waals surface area contributed by atoms with E-state index >= 15 is 0 Å². The molecule has 0 bridgehead atoms. The maximum atomic E-state index is 4.37. The van der Waals surface area contributed by atoms with Gasteiger partial charge in [0.15, 0.2) is 5.82 Å². The Kier molecular flexibility index (Phi) is 4.01. The standard InChI is InChI=1S/C16H23N5/c1-3-17-16(11-9-13(2)10-12-16)15-18-19-20-21(15)14-7-5-4-6-8-14/h4-8,13,17H,3,9-12H2,1-2H3. The summed E-state index contributed by atoms with van der Waals surface area (Å²) in [7, 11) is 0. The van der Waals surface area contributed by atoms with Crippen LogP contribution in [0.5, 0.6) is 0 Å². The predicted molar refractivity (Wildman–Crippen MR) is 82.1 cm³/mol. The number of hydrogen-bond acceptors (Lipinski definition) is 4. The molecule has 1 N–H and O–H groups in total. The average molecular weight is 285 g/mol. The van der Waals surface area contributed by atoms with Crippen LogP contribution >= 0.6 is 0 Å². The molecule has 0 aliphatic heterocycles. The van der Waals surface area contributed by atoms with Crippen molar-refractivity contribution < 1.29 is 0 Å². The number of aromatic nitrogens is 4. The van der Waals surface area contributed by atoms with Gasteiger partial charge in [-0.1, -0.05) is 32.0 Å². The van der Waals surface area contributed by atoms with Crippen LogP contribution in [-0.4, -0.2) is 26.8 Å². The monoisotopic (exact) mass is 285 g/mol. The molecule has 0 atom stereocenters. The van der Waals surface area contributed by atoms with Crippen molar-refractivity contribution in [1.82, 2.24) is 25.5 Å². The van der Waals surface area contributed by atoms with E-state index in [-0.39, 0.29) is 5.54 Å². The summed E-state index contributed by atoms with van der Waals surface area (Å²) in [5, 5.41) is 16.2. The summed E-state index contributed by atoms with van der Waals surface area (Å²) in [6, 6.07) is 10.1. The number of tetrazole rings is 1. The lowest BCUT2D eigenvalue weighted by atomic mass is 9.76. The Morgan fingerprint density at radius 1 is 1.24 bits per heavy atom. The third-order valence-corrected chi connectivity index (χ3v) is 4.54. The Morgan fingerprint density at radius 2 is 1.95 bits per heavy atom. The smallest absolute Gasteiger partial charge is 0.176 e. The van der Waals surface area contributed by atoms with Crippen LogP contribution in [0.4, 0.5) is 0 Å². The number of nitrogens with zero attached hydrogens (tertiary/aromatic N) is 4. The van der Waals surface area contributed by atoms with E-state index in [1.165, 1.54) is 12.8 Å². The second kappa shape index (κ2) is 5.93. The van der Waals surface area contributed by atoms with E-state index in [0.717, 1.165) is 36.8 Å². The van der Waals surface area contributed by atoms with Gasteiger partial charge in [0.25, 0.3) is 0 Å². The molecule has 5 heteroatoms. The number of hydrogen-bond donors (Lipinski definition) is 1. The third-order valence-electron chi connectivity index (χ3n) is 4.54. The fourth-order valence-electron chi connectivity index (χ4n) is 3.30. The Labute approximate surface area is 125 Å². The van der Waals surface area contributed by atoms with Crippen molar-refractivity contribution in [3.8, 4) is 5.69 Å². The quantitative estimate of drug-likeness (QED) is 0.938. The summed E-state index contributed by atoms with van der Waals surface area (Å²) < 4.78 is 1.89. The molecule has 1 saturated carbocycles. The third kappa shape index (κ3) is 2.70. The molecule has 1 aliphatic rings. The van der Waals surface area contributed by atoms with E-state index in [4.69, 9.17) is 0 Å². The first kappa shape index (κ1) is 14.2. The summed E-state index contributed by atoms with van der Waals surface area (Å²) in [5.41, 5.74) is 0.925. The zero-order chi connectivity index (χ0) is 14.7. The molecule has 2 aromatic rings. The molecular weight excluding hydrogens is 262 g/mol. The fourth-order valence-corrected chi connectivity index (χ4v) is 3.30. The minimum absolute atomic E-state index is 0.0966. The first-order valence-electron chi connectivity index (χ1n) is 7.84. The Morgan fingerprint density at radius 3 is 2.62 bits per heavy atom. The number of para-hydroxylation sites is 1. The van der Waals surface area contributed by atoms with Gasteiger partial charge in [-0.15, -0.1) is 5.10 Å². The van der Waals surface area contributed by atoms with Crippen LogP contribution < -0.4 is 5.32 Å². The normalized spacial score (nSPS) is 25.9. The van der Waals surface area contributed by atoms with Gasteiger partial charge in [0.1, 0.15) is 0 Å². The summed E-state index contributed by atoms with van der Waals surface area (Å²) in [5.74, 6) is 1.74. The average Bonchev–Trinajstić information content (AvgIpc) is 3.01. The van der Waals surface area contributed by atoms with Gasteiger partial charge in [-0.3, -0.25) is 0 Å². The van der Waals surface area contributed by atoms with Gasteiger partial charge in [0.2, 0.25) is 0 Å². The van der Waals surface area contributed by atoms with Crippen molar-refractivity contribution in [2.24, 2.45) is 5.92 Å². The fraction of sp³-hybridized carbons (Fsp3) is 0.562. The van der Waals surface area contributed by atoms with Crippen molar-refractivity contribution in [2.45, 2.75) is 45.1 Å². The Bertz CT molecular complexity index is 569.